The van der Waals surface area contributed by atoms with Crippen molar-refractivity contribution in [1.82, 2.24) is 19.9 Å². The Morgan fingerprint density at radius 3 is 2.05 bits per heavy atom. The highest BCUT2D eigenvalue weighted by Crippen LogP contribution is 2.32. The zero-order chi connectivity index (χ0) is 26.1. The fraction of sp³-hybridized carbons (Fsp3) is 0. The zero-order valence-corrected chi connectivity index (χ0v) is 24.9. The molecule has 3 aliphatic rings. The molecule has 186 valence electrons. The quantitative estimate of drug-likeness (QED) is 0.202. The fourth-order valence-electron chi connectivity index (χ4n) is 5.87. The average molecular weight is 648 g/mol. The molecule has 5 aromatic rings. The van der Waals surface area contributed by atoms with E-state index in [2.05, 4.69) is 145 Å². The van der Waals surface area contributed by atoms with E-state index in [4.69, 9.17) is 9.97 Å². The molecule has 2 N–H and O–H groups in total. The summed E-state index contributed by atoms with van der Waals surface area (Å²) in [4.78, 5) is 17.2. The number of fused-ring (bicyclic) bond motifs is 11. The number of halogens is 2. The van der Waals surface area contributed by atoms with Gasteiger partial charge >= 0.3 is 0 Å². The van der Waals surface area contributed by atoms with Gasteiger partial charge in [-0.3, -0.25) is 0 Å². The number of nitrogens with zero attached hydrogens (tertiary/aromatic N) is 2. The molecule has 3 aliphatic heterocycles. The summed E-state index contributed by atoms with van der Waals surface area (Å²) in [5.74, 6) is 0. The lowest BCUT2D eigenvalue weighted by molar-refractivity contribution is 1.32. The lowest BCUT2D eigenvalue weighted by atomic mass is 10.1. The highest BCUT2D eigenvalue weighted by molar-refractivity contribution is 9.13. The lowest BCUT2D eigenvalue weighted by Gasteiger charge is -2.16. The first-order valence-electron chi connectivity index (χ1n) is 12.8. The van der Waals surface area contributed by atoms with Crippen molar-refractivity contribution in [2.24, 2.45) is 0 Å². The lowest BCUT2D eigenvalue weighted by Crippen LogP contribution is -2.51. The molecule has 2 aromatic carbocycles. The average Bonchev–Trinajstić information content (AvgIpc) is 3.76. The first kappa shape index (κ1) is 23.1. The summed E-state index contributed by atoms with van der Waals surface area (Å²) in [5.41, 5.74) is 10.6. The smallest absolute Gasteiger partial charge is 0.141 e. The fourth-order valence-corrected chi connectivity index (χ4v) is 11.1. The number of hydrogen-bond acceptors (Lipinski definition) is 2. The van der Waals surface area contributed by atoms with Gasteiger partial charge < -0.3 is 9.97 Å². The van der Waals surface area contributed by atoms with Crippen molar-refractivity contribution in [1.29, 1.82) is 0 Å². The second-order valence-corrected chi connectivity index (χ2v) is 14.2. The molecule has 0 amide bonds. The van der Waals surface area contributed by atoms with Gasteiger partial charge in [0.25, 0.3) is 0 Å². The van der Waals surface area contributed by atoms with Crippen LogP contribution >= 0.6 is 31.9 Å². The number of H-pyrrole nitrogens is 2. The Morgan fingerprint density at radius 1 is 0.590 bits per heavy atom. The van der Waals surface area contributed by atoms with E-state index in [0.29, 0.717) is 0 Å². The molecule has 0 saturated heterocycles. The number of hydrogen-bond donors (Lipinski definition) is 2. The summed E-state index contributed by atoms with van der Waals surface area (Å²) in [6.45, 7) is 0. The molecule has 39 heavy (non-hydrogen) atoms. The zero-order valence-electron chi connectivity index (χ0n) is 20.5. The topological polar surface area (TPSA) is 57.4 Å². The maximum Gasteiger partial charge on any atom is 0.141 e. The molecule has 0 fully saturated rings. The Hall–Kier alpha value is -3.78. The van der Waals surface area contributed by atoms with Crippen LogP contribution in [0.25, 0.3) is 57.5 Å². The van der Waals surface area contributed by atoms with Crippen LogP contribution in [0.4, 0.5) is 0 Å². The molecular formula is C32H20Br2N4Si. The van der Waals surface area contributed by atoms with Crippen LogP contribution in [0.2, 0.25) is 0 Å². The van der Waals surface area contributed by atoms with Crippen molar-refractivity contribution in [2.75, 3.05) is 0 Å². The van der Waals surface area contributed by atoms with E-state index in [0.717, 1.165) is 53.8 Å². The standard InChI is InChI=1S/C32H20Br2N4Si/c33-26-12-11-25-24-3-1-2-4-29(24)39(31(25)30(26)34)32-27-13-9-22(37-27)16-20-7-5-18(35-20)15-19-6-8-21(36-19)17-23-10-14-28(32)38-23/h1-17,35,38-39H. The predicted octanol–water partition coefficient (Wildman–Crippen LogP) is 6.41. The van der Waals surface area contributed by atoms with Gasteiger partial charge in [-0.15, -0.1) is 0 Å². The van der Waals surface area contributed by atoms with Gasteiger partial charge in [0.2, 0.25) is 0 Å². The van der Waals surface area contributed by atoms with E-state index in [9.17, 15) is 0 Å². The largest absolute Gasteiger partial charge is 0.355 e. The molecule has 4 nitrogen and oxygen atoms in total. The van der Waals surface area contributed by atoms with Crippen molar-refractivity contribution in [2.45, 2.75) is 0 Å². The maximum absolute atomic E-state index is 5.18. The number of rotatable bonds is 1. The molecule has 0 saturated carbocycles. The Morgan fingerprint density at radius 2 is 1.26 bits per heavy atom. The van der Waals surface area contributed by atoms with Gasteiger partial charge in [0.1, 0.15) is 8.80 Å². The maximum atomic E-state index is 5.18. The second kappa shape index (κ2) is 8.88. The SMILES string of the molecule is Brc1ccc2c(c1Br)[SiH](c1c3nc(cc4ccc(cc5nc(cc6ccc1[nH]6)C=C5)[nH]4)C=C3)c1ccccc1-2. The minimum atomic E-state index is -1.94. The summed E-state index contributed by atoms with van der Waals surface area (Å²) in [6, 6.07) is 28.0. The van der Waals surface area contributed by atoms with Crippen LogP contribution in [0.5, 0.6) is 0 Å². The molecule has 8 rings (SSSR count). The Kier molecular flexibility index (Phi) is 5.27. The van der Waals surface area contributed by atoms with E-state index in [1.165, 1.54) is 26.7 Å². The van der Waals surface area contributed by atoms with E-state index in [-0.39, 0.29) is 0 Å². The Bertz CT molecular complexity index is 2070. The third kappa shape index (κ3) is 3.84. The first-order chi connectivity index (χ1) is 19.1. The number of benzene rings is 2. The van der Waals surface area contributed by atoms with Crippen molar-refractivity contribution in [3.05, 3.63) is 111 Å². The summed E-state index contributed by atoms with van der Waals surface area (Å²) >= 11 is 7.75. The molecule has 1 unspecified atom stereocenters. The van der Waals surface area contributed by atoms with Crippen LogP contribution in [0.3, 0.4) is 0 Å². The van der Waals surface area contributed by atoms with Gasteiger partial charge in [0, 0.05) is 31.0 Å². The summed E-state index contributed by atoms with van der Waals surface area (Å²) < 4.78 is 2.20. The molecule has 1 atom stereocenters. The highest BCUT2D eigenvalue weighted by atomic mass is 79.9. The predicted molar refractivity (Wildman–Crippen MR) is 172 cm³/mol. The van der Waals surface area contributed by atoms with Crippen LogP contribution in [-0.4, -0.2) is 28.7 Å². The van der Waals surface area contributed by atoms with Crippen LogP contribution in [-0.2, 0) is 0 Å². The summed E-state index contributed by atoms with van der Waals surface area (Å²) in [7, 11) is -1.94. The minimum Gasteiger partial charge on any atom is -0.355 e. The third-order valence-electron chi connectivity index (χ3n) is 7.53. The van der Waals surface area contributed by atoms with Crippen LogP contribution in [0.15, 0.2) is 87.8 Å². The van der Waals surface area contributed by atoms with Gasteiger partial charge in [-0.2, -0.15) is 0 Å². The molecular weight excluding hydrogens is 628 g/mol. The summed E-state index contributed by atoms with van der Waals surface area (Å²) in [6.07, 6.45) is 8.39. The van der Waals surface area contributed by atoms with Gasteiger partial charge in [0.15, 0.2) is 0 Å². The molecule has 3 aromatic heterocycles. The first-order valence-corrected chi connectivity index (χ1v) is 16.1. The van der Waals surface area contributed by atoms with Crippen LogP contribution in [0.1, 0.15) is 22.8 Å². The van der Waals surface area contributed by atoms with Crippen molar-refractivity contribution >= 4 is 103 Å². The van der Waals surface area contributed by atoms with Gasteiger partial charge in [-0.05, 0) is 131 Å². The normalized spacial score (nSPS) is 15.0. The minimum absolute atomic E-state index is 0.927. The van der Waals surface area contributed by atoms with Crippen LogP contribution in [0, 0.1) is 0 Å². The van der Waals surface area contributed by atoms with Gasteiger partial charge in [-0.1, -0.05) is 30.3 Å². The molecule has 0 radical (unpaired) electrons. The molecule has 7 heteroatoms. The highest BCUT2D eigenvalue weighted by Gasteiger charge is 2.36. The van der Waals surface area contributed by atoms with Crippen molar-refractivity contribution < 1.29 is 0 Å². The third-order valence-corrected chi connectivity index (χ3v) is 13.5. The second-order valence-electron chi connectivity index (χ2n) is 9.94. The number of aromatic amines is 2. The molecule has 0 aliphatic carbocycles. The molecule has 0 spiro atoms. The van der Waals surface area contributed by atoms with Gasteiger partial charge in [0.05, 0.1) is 22.8 Å². The number of nitrogens with one attached hydrogen (secondary N) is 2. The van der Waals surface area contributed by atoms with E-state index in [1.54, 1.807) is 0 Å². The molecule has 6 heterocycles. The van der Waals surface area contributed by atoms with Crippen LogP contribution < -0.4 is 15.6 Å². The molecule has 8 bridgehead atoms. The summed E-state index contributed by atoms with van der Waals surface area (Å²) in [5, 5.41) is 4.08. The van der Waals surface area contributed by atoms with Gasteiger partial charge in [-0.25, -0.2) is 9.97 Å². The van der Waals surface area contributed by atoms with E-state index >= 15 is 0 Å². The monoisotopic (exact) mass is 646 g/mol. The Labute approximate surface area is 243 Å². The Balaban J connectivity index is 1.50. The van der Waals surface area contributed by atoms with Crippen molar-refractivity contribution in [3.63, 3.8) is 0 Å². The van der Waals surface area contributed by atoms with E-state index < -0.39 is 8.80 Å². The van der Waals surface area contributed by atoms with Crippen molar-refractivity contribution in [3.8, 4) is 11.1 Å². The number of aromatic nitrogens is 4. The van der Waals surface area contributed by atoms with E-state index in [1.807, 2.05) is 0 Å².